The van der Waals surface area contributed by atoms with Gasteiger partial charge in [-0.1, -0.05) is 50.6 Å². The summed E-state index contributed by atoms with van der Waals surface area (Å²) in [7, 11) is 0. The number of hydrogen-bond acceptors (Lipinski definition) is 3. The Kier molecular flexibility index (Phi) is 5.28. The van der Waals surface area contributed by atoms with Crippen LogP contribution < -0.4 is 0 Å². The zero-order chi connectivity index (χ0) is 15.4. The summed E-state index contributed by atoms with van der Waals surface area (Å²) >= 11 is 1.30. The van der Waals surface area contributed by atoms with Crippen LogP contribution in [0.2, 0.25) is 0 Å². The Morgan fingerprint density at radius 3 is 2.71 bits per heavy atom. The minimum atomic E-state index is -0.808. The first-order chi connectivity index (χ1) is 10.1. The minimum Gasteiger partial charge on any atom is -0.481 e. The zero-order valence-electron chi connectivity index (χ0n) is 12.8. The number of carboxylic acid groups (broad SMARTS) is 1. The van der Waals surface area contributed by atoms with Crippen molar-refractivity contribution in [3.63, 3.8) is 0 Å². The van der Waals surface area contributed by atoms with Crippen molar-refractivity contribution in [3.8, 4) is 0 Å². The molecule has 4 nitrogen and oxygen atoms in total. The lowest BCUT2D eigenvalue weighted by atomic mass is 10.0. The van der Waals surface area contributed by atoms with E-state index in [1.54, 1.807) is 0 Å². The summed E-state index contributed by atoms with van der Waals surface area (Å²) in [6.45, 7) is 7.38. The highest BCUT2D eigenvalue weighted by Gasteiger charge is 2.16. The summed E-state index contributed by atoms with van der Waals surface area (Å²) < 4.78 is 2.20. The van der Waals surface area contributed by atoms with Crippen LogP contribution in [0.15, 0.2) is 23.4 Å². The van der Waals surface area contributed by atoms with Gasteiger partial charge in [0.1, 0.15) is 0 Å². The van der Waals surface area contributed by atoms with Crippen LogP contribution in [0.3, 0.4) is 0 Å². The van der Waals surface area contributed by atoms with Crippen LogP contribution in [0.1, 0.15) is 32.3 Å². The Hall–Kier alpha value is -1.49. The molecule has 0 aliphatic rings. The highest BCUT2D eigenvalue weighted by atomic mass is 32.2. The third-order valence-electron chi connectivity index (χ3n) is 3.85. The van der Waals surface area contributed by atoms with E-state index in [0.29, 0.717) is 5.92 Å². The molecule has 0 aliphatic carbocycles. The zero-order valence-corrected chi connectivity index (χ0v) is 13.6. The summed E-state index contributed by atoms with van der Waals surface area (Å²) in [5.74, 6) is -0.172. The van der Waals surface area contributed by atoms with Crippen molar-refractivity contribution in [1.29, 1.82) is 0 Å². The second-order valence-electron chi connectivity index (χ2n) is 5.31. The van der Waals surface area contributed by atoms with E-state index in [9.17, 15) is 4.79 Å². The molecular formula is C16H22N2O2S. The molecule has 1 aromatic heterocycles. The molecule has 5 heteroatoms. The van der Waals surface area contributed by atoms with Crippen molar-refractivity contribution >= 4 is 28.8 Å². The second-order valence-corrected chi connectivity index (χ2v) is 6.26. The smallest absolute Gasteiger partial charge is 0.313 e. The number of aromatic nitrogens is 2. The number of para-hydroxylation sites is 1. The van der Waals surface area contributed by atoms with Gasteiger partial charge in [-0.25, -0.2) is 4.98 Å². The molecule has 2 aromatic rings. The number of imidazole rings is 1. The van der Waals surface area contributed by atoms with Crippen molar-refractivity contribution in [1.82, 2.24) is 9.55 Å². The van der Waals surface area contributed by atoms with Crippen LogP contribution in [0.25, 0.3) is 11.0 Å². The molecular weight excluding hydrogens is 284 g/mol. The van der Waals surface area contributed by atoms with Crippen LogP contribution in [-0.2, 0) is 11.3 Å². The van der Waals surface area contributed by atoms with E-state index in [0.717, 1.165) is 35.6 Å². The molecule has 1 aromatic carbocycles. The quantitative estimate of drug-likeness (QED) is 0.787. The van der Waals surface area contributed by atoms with E-state index in [4.69, 9.17) is 5.11 Å². The third-order valence-corrected chi connectivity index (χ3v) is 4.81. The second kappa shape index (κ2) is 6.98. The molecule has 0 atom stereocenters. The highest BCUT2D eigenvalue weighted by Crippen LogP contribution is 2.28. The molecule has 0 spiro atoms. The summed E-state index contributed by atoms with van der Waals surface area (Å²) in [5.41, 5.74) is 3.28. The molecule has 0 bridgehead atoms. The van der Waals surface area contributed by atoms with E-state index in [1.807, 2.05) is 12.1 Å². The lowest BCUT2D eigenvalue weighted by Crippen LogP contribution is -2.11. The van der Waals surface area contributed by atoms with Gasteiger partial charge in [-0.3, -0.25) is 4.79 Å². The van der Waals surface area contributed by atoms with Crippen LogP contribution in [0.4, 0.5) is 0 Å². The fourth-order valence-corrected chi connectivity index (χ4v) is 3.29. The van der Waals surface area contributed by atoms with Crippen LogP contribution in [0, 0.1) is 12.8 Å². The number of rotatable bonds is 7. The number of aliphatic carboxylic acids is 1. The molecule has 21 heavy (non-hydrogen) atoms. The third kappa shape index (κ3) is 3.59. The van der Waals surface area contributed by atoms with E-state index >= 15 is 0 Å². The van der Waals surface area contributed by atoms with E-state index in [-0.39, 0.29) is 5.75 Å². The summed E-state index contributed by atoms with van der Waals surface area (Å²) in [5, 5.41) is 9.73. The minimum absolute atomic E-state index is 0.0469. The van der Waals surface area contributed by atoms with E-state index < -0.39 is 5.97 Å². The standard InChI is InChI=1S/C16H22N2O2S/c1-4-12(5-2)9-18-15-11(3)7-6-8-13(15)17-16(18)21-10-14(19)20/h6-8,12H,4-5,9-10H2,1-3H3,(H,19,20). The Labute approximate surface area is 129 Å². The number of hydrogen-bond donors (Lipinski definition) is 1. The van der Waals surface area contributed by atoms with Gasteiger partial charge in [-0.05, 0) is 24.5 Å². The molecule has 0 aliphatic heterocycles. The van der Waals surface area contributed by atoms with Crippen molar-refractivity contribution < 1.29 is 9.90 Å². The average molecular weight is 306 g/mol. The molecule has 1 N–H and O–H groups in total. The Balaban J connectivity index is 2.45. The average Bonchev–Trinajstić information content (AvgIpc) is 2.81. The first-order valence-electron chi connectivity index (χ1n) is 7.37. The number of aryl methyl sites for hydroxylation is 1. The highest BCUT2D eigenvalue weighted by molar-refractivity contribution is 7.99. The topological polar surface area (TPSA) is 55.1 Å². The first kappa shape index (κ1) is 15.9. The van der Waals surface area contributed by atoms with Gasteiger partial charge in [-0.15, -0.1) is 0 Å². The van der Waals surface area contributed by atoms with Gasteiger partial charge in [0.25, 0.3) is 0 Å². The molecule has 1 heterocycles. The summed E-state index contributed by atoms with van der Waals surface area (Å²) in [6.07, 6.45) is 2.23. The Morgan fingerprint density at radius 1 is 1.38 bits per heavy atom. The normalized spacial score (nSPS) is 11.4. The van der Waals surface area contributed by atoms with Gasteiger partial charge in [0.15, 0.2) is 5.16 Å². The number of carbonyl (C=O) groups is 1. The fourth-order valence-electron chi connectivity index (χ4n) is 2.55. The molecule has 2 rings (SSSR count). The van der Waals surface area contributed by atoms with Gasteiger partial charge in [0.2, 0.25) is 0 Å². The van der Waals surface area contributed by atoms with Gasteiger partial charge < -0.3 is 9.67 Å². The van der Waals surface area contributed by atoms with Crippen LogP contribution in [0.5, 0.6) is 0 Å². The molecule has 0 fully saturated rings. The van der Waals surface area contributed by atoms with E-state index in [2.05, 4.69) is 36.4 Å². The first-order valence-corrected chi connectivity index (χ1v) is 8.35. The molecule has 0 unspecified atom stereocenters. The SMILES string of the molecule is CCC(CC)Cn1c(SCC(=O)O)nc2cccc(C)c21. The predicted octanol–water partition coefficient (Wildman–Crippen LogP) is 3.96. The molecule has 0 saturated heterocycles. The van der Waals surface area contributed by atoms with Gasteiger partial charge in [-0.2, -0.15) is 0 Å². The molecule has 0 saturated carbocycles. The lowest BCUT2D eigenvalue weighted by Gasteiger charge is -2.16. The van der Waals surface area contributed by atoms with Crippen LogP contribution in [-0.4, -0.2) is 26.4 Å². The number of carboxylic acids is 1. The maximum atomic E-state index is 10.8. The number of fused-ring (bicyclic) bond motifs is 1. The number of nitrogens with zero attached hydrogens (tertiary/aromatic N) is 2. The fraction of sp³-hybridized carbons (Fsp3) is 0.500. The van der Waals surface area contributed by atoms with Crippen molar-refractivity contribution in [3.05, 3.63) is 23.8 Å². The van der Waals surface area contributed by atoms with Gasteiger partial charge in [0, 0.05) is 6.54 Å². The maximum absolute atomic E-state index is 10.8. The number of benzene rings is 1. The largest absolute Gasteiger partial charge is 0.481 e. The molecule has 0 amide bonds. The molecule has 0 radical (unpaired) electrons. The lowest BCUT2D eigenvalue weighted by molar-refractivity contribution is -0.133. The van der Waals surface area contributed by atoms with E-state index in [1.165, 1.54) is 17.3 Å². The monoisotopic (exact) mass is 306 g/mol. The van der Waals surface area contributed by atoms with Crippen molar-refractivity contribution in [2.75, 3.05) is 5.75 Å². The van der Waals surface area contributed by atoms with Crippen molar-refractivity contribution in [2.24, 2.45) is 5.92 Å². The van der Waals surface area contributed by atoms with Gasteiger partial charge >= 0.3 is 5.97 Å². The Bertz CT molecular complexity index is 632. The summed E-state index contributed by atoms with van der Waals surface area (Å²) in [6, 6.07) is 6.08. The molecule has 114 valence electrons. The maximum Gasteiger partial charge on any atom is 0.313 e. The van der Waals surface area contributed by atoms with Crippen molar-refractivity contribution in [2.45, 2.75) is 45.3 Å². The summed E-state index contributed by atoms with van der Waals surface area (Å²) in [4.78, 5) is 15.5. The number of thioether (sulfide) groups is 1. The predicted molar refractivity (Wildman–Crippen MR) is 86.9 cm³/mol. The van der Waals surface area contributed by atoms with Crippen LogP contribution >= 0.6 is 11.8 Å². The Morgan fingerprint density at radius 2 is 2.10 bits per heavy atom. The van der Waals surface area contributed by atoms with Gasteiger partial charge in [0.05, 0.1) is 16.8 Å².